The zero-order valence-electron chi connectivity index (χ0n) is 11.2. The zero-order chi connectivity index (χ0) is 15.0. The Hall–Kier alpha value is -1.47. The molecule has 5 nitrogen and oxygen atoms in total. The van der Waals surface area contributed by atoms with Gasteiger partial charge < -0.3 is 4.57 Å². The van der Waals surface area contributed by atoms with E-state index in [-0.39, 0.29) is 11.7 Å². The van der Waals surface area contributed by atoms with Crippen LogP contribution >= 0.6 is 27.5 Å². The molecule has 0 fully saturated rings. The topological polar surface area (TPSA) is 48.5 Å². The molecule has 2 heterocycles. The molecule has 0 saturated carbocycles. The van der Waals surface area contributed by atoms with Gasteiger partial charge in [-0.15, -0.1) is 11.6 Å². The number of hydrogen-bond donors (Lipinski definition) is 0. The highest BCUT2D eigenvalue weighted by Gasteiger charge is 2.13. The molecule has 0 amide bonds. The molecule has 0 spiro atoms. The van der Waals surface area contributed by atoms with Crippen molar-refractivity contribution in [2.45, 2.75) is 18.8 Å². The summed E-state index contributed by atoms with van der Waals surface area (Å²) in [5, 5.41) is 4.25. The van der Waals surface area contributed by atoms with E-state index in [1.54, 1.807) is 17.1 Å². The maximum atomic E-state index is 13.6. The molecule has 2 aromatic heterocycles. The van der Waals surface area contributed by atoms with Gasteiger partial charge in [-0.2, -0.15) is 5.10 Å². The maximum absolute atomic E-state index is 13.6. The predicted octanol–water partition coefficient (Wildman–Crippen LogP) is 3.05. The molecule has 3 aromatic rings. The largest absolute Gasteiger partial charge is 0.326 e. The molecule has 0 bridgehead atoms. The lowest BCUT2D eigenvalue weighted by atomic mass is 10.3. The molecule has 110 valence electrons. The van der Waals surface area contributed by atoms with E-state index >= 15 is 0 Å². The summed E-state index contributed by atoms with van der Waals surface area (Å²) < 4.78 is 17.6. The molecule has 21 heavy (non-hydrogen) atoms. The Morgan fingerprint density at radius 3 is 2.86 bits per heavy atom. The lowest BCUT2D eigenvalue weighted by molar-refractivity contribution is 0.622. The molecular weight excluding hydrogens is 361 g/mol. The van der Waals surface area contributed by atoms with Crippen molar-refractivity contribution < 1.29 is 4.39 Å². The Balaban J connectivity index is 1.97. The molecule has 3 rings (SSSR count). The van der Waals surface area contributed by atoms with Crippen molar-refractivity contribution in [3.8, 4) is 0 Å². The third-order valence-electron chi connectivity index (χ3n) is 3.19. The Kier molecular flexibility index (Phi) is 3.95. The highest BCUT2D eigenvalue weighted by molar-refractivity contribution is 9.10. The molecule has 0 aliphatic carbocycles. The van der Waals surface area contributed by atoms with Gasteiger partial charge in [-0.3, -0.25) is 4.68 Å². The van der Waals surface area contributed by atoms with Crippen LogP contribution < -0.4 is 0 Å². The van der Waals surface area contributed by atoms with Gasteiger partial charge in [0.1, 0.15) is 18.0 Å². The minimum atomic E-state index is -0.334. The average molecular weight is 373 g/mol. The number of hydrogen-bond acceptors (Lipinski definition) is 3. The first-order valence-corrected chi connectivity index (χ1v) is 7.66. The van der Waals surface area contributed by atoms with Crippen LogP contribution in [0.1, 0.15) is 11.6 Å². The second-order valence-electron chi connectivity index (χ2n) is 4.65. The second kappa shape index (κ2) is 5.73. The summed E-state index contributed by atoms with van der Waals surface area (Å²) in [5.41, 5.74) is 1.44. The number of benzene rings is 1. The minimum Gasteiger partial charge on any atom is -0.326 e. The van der Waals surface area contributed by atoms with E-state index in [2.05, 4.69) is 31.0 Å². The van der Waals surface area contributed by atoms with Gasteiger partial charge in [0.25, 0.3) is 0 Å². The van der Waals surface area contributed by atoms with E-state index in [9.17, 15) is 4.39 Å². The zero-order valence-corrected chi connectivity index (χ0v) is 13.6. The van der Waals surface area contributed by atoms with E-state index in [4.69, 9.17) is 11.6 Å². The quantitative estimate of drug-likeness (QED) is 0.661. The van der Waals surface area contributed by atoms with Crippen LogP contribution in [0.15, 0.2) is 22.9 Å². The van der Waals surface area contributed by atoms with Gasteiger partial charge in [0.2, 0.25) is 0 Å². The number of fused-ring (bicyclic) bond motifs is 1. The molecule has 0 N–H and O–H groups in total. The van der Waals surface area contributed by atoms with Crippen molar-refractivity contribution in [2.24, 2.45) is 7.05 Å². The molecular formula is C13H12BrClFN5. The number of halogens is 3. The van der Waals surface area contributed by atoms with E-state index in [1.165, 1.54) is 6.07 Å². The van der Waals surface area contributed by atoms with Crippen LogP contribution in [0.25, 0.3) is 11.0 Å². The van der Waals surface area contributed by atoms with Gasteiger partial charge in [0.15, 0.2) is 5.82 Å². The molecule has 1 aromatic carbocycles. The molecule has 0 saturated heterocycles. The third-order valence-corrected chi connectivity index (χ3v) is 4.04. The van der Waals surface area contributed by atoms with E-state index in [1.807, 2.05) is 11.6 Å². The van der Waals surface area contributed by atoms with Gasteiger partial charge in [-0.05, 0) is 22.0 Å². The number of imidazole rings is 1. The van der Waals surface area contributed by atoms with Crippen molar-refractivity contribution in [3.05, 3.63) is 40.4 Å². The first-order valence-electron chi connectivity index (χ1n) is 6.33. The summed E-state index contributed by atoms with van der Waals surface area (Å²) in [4.78, 5) is 8.57. The summed E-state index contributed by atoms with van der Waals surface area (Å²) in [7, 11) is 1.83. The lowest BCUT2D eigenvalue weighted by Gasteiger charge is -2.06. The molecule has 0 radical (unpaired) electrons. The van der Waals surface area contributed by atoms with Crippen LogP contribution in [0.2, 0.25) is 0 Å². The van der Waals surface area contributed by atoms with Gasteiger partial charge in [-0.25, -0.2) is 14.4 Å². The predicted molar refractivity (Wildman–Crippen MR) is 81.7 cm³/mol. The number of nitrogens with zero attached hydrogens (tertiary/aromatic N) is 5. The van der Waals surface area contributed by atoms with Crippen molar-refractivity contribution >= 4 is 38.6 Å². The van der Waals surface area contributed by atoms with E-state index in [0.29, 0.717) is 28.8 Å². The average Bonchev–Trinajstić information content (AvgIpc) is 3.01. The van der Waals surface area contributed by atoms with Crippen LogP contribution in [-0.4, -0.2) is 24.3 Å². The highest BCUT2D eigenvalue weighted by atomic mass is 79.9. The van der Waals surface area contributed by atoms with Gasteiger partial charge in [-0.1, -0.05) is 0 Å². The number of rotatable bonds is 4. The summed E-state index contributed by atoms with van der Waals surface area (Å²) in [6, 6.07) is 3.13. The maximum Gasteiger partial charge on any atom is 0.152 e. The smallest absolute Gasteiger partial charge is 0.152 e. The molecule has 0 atom stereocenters. The number of alkyl halides is 1. The van der Waals surface area contributed by atoms with Gasteiger partial charge >= 0.3 is 0 Å². The van der Waals surface area contributed by atoms with E-state index in [0.717, 1.165) is 11.3 Å². The number of aromatic nitrogens is 5. The Labute approximate surface area is 133 Å². The highest BCUT2D eigenvalue weighted by Crippen LogP contribution is 2.25. The van der Waals surface area contributed by atoms with Crippen LogP contribution in [0.5, 0.6) is 0 Å². The summed E-state index contributed by atoms with van der Waals surface area (Å²) in [5.74, 6) is 1.39. The summed E-state index contributed by atoms with van der Waals surface area (Å²) in [6.07, 6.45) is 2.32. The molecule has 0 aliphatic rings. The van der Waals surface area contributed by atoms with Crippen LogP contribution in [0, 0.1) is 5.82 Å². The number of aryl methyl sites for hydroxylation is 3. The molecule has 8 heteroatoms. The fourth-order valence-corrected chi connectivity index (χ4v) is 2.77. The Morgan fingerprint density at radius 1 is 1.38 bits per heavy atom. The molecule has 0 aliphatic heterocycles. The lowest BCUT2D eigenvalue weighted by Crippen LogP contribution is -2.06. The van der Waals surface area contributed by atoms with Gasteiger partial charge in [0.05, 0.1) is 21.4 Å². The Bertz CT molecular complexity index is 797. The molecule has 0 unspecified atom stereocenters. The minimum absolute atomic E-state index is 0.267. The van der Waals surface area contributed by atoms with Crippen molar-refractivity contribution in [2.75, 3.05) is 0 Å². The Morgan fingerprint density at radius 2 is 2.19 bits per heavy atom. The fourth-order valence-electron chi connectivity index (χ4n) is 2.23. The van der Waals surface area contributed by atoms with E-state index < -0.39 is 0 Å². The van der Waals surface area contributed by atoms with Crippen molar-refractivity contribution in [3.63, 3.8) is 0 Å². The standard InChI is InChI=1S/C13H12BrClFN5/c1-20-7-17-12(19-20)2-3-21-11-4-8(14)9(16)5-10(11)18-13(21)6-15/h4-5,7H,2-3,6H2,1H3. The fraction of sp³-hybridized carbons (Fsp3) is 0.308. The summed E-state index contributed by atoms with van der Waals surface area (Å²) in [6.45, 7) is 0.640. The SMILES string of the molecule is Cn1cnc(CCn2c(CCl)nc3cc(F)c(Br)cc32)n1. The van der Waals surface area contributed by atoms with Crippen molar-refractivity contribution in [1.82, 2.24) is 24.3 Å². The second-order valence-corrected chi connectivity index (χ2v) is 5.77. The van der Waals surface area contributed by atoms with Gasteiger partial charge in [0, 0.05) is 26.1 Å². The first-order chi connectivity index (χ1) is 10.1. The van der Waals surface area contributed by atoms with Crippen LogP contribution in [0.4, 0.5) is 4.39 Å². The van der Waals surface area contributed by atoms with Crippen LogP contribution in [0.3, 0.4) is 0 Å². The first kappa shape index (κ1) is 14.5. The summed E-state index contributed by atoms with van der Waals surface area (Å²) >= 11 is 9.15. The third kappa shape index (κ3) is 2.80. The normalized spacial score (nSPS) is 11.4. The van der Waals surface area contributed by atoms with Crippen LogP contribution in [-0.2, 0) is 25.9 Å². The monoisotopic (exact) mass is 371 g/mol. The van der Waals surface area contributed by atoms with Crippen molar-refractivity contribution in [1.29, 1.82) is 0 Å².